The van der Waals surface area contributed by atoms with Crippen LogP contribution in [0.5, 0.6) is 0 Å². The molecule has 0 unspecified atom stereocenters. The Morgan fingerprint density at radius 1 is 1.35 bits per heavy atom. The number of sulfone groups is 1. The quantitative estimate of drug-likeness (QED) is 0.825. The fraction of sp³-hybridized carbons (Fsp3) is 0.182. The van der Waals surface area contributed by atoms with Gasteiger partial charge in [-0.1, -0.05) is 12.1 Å². The Bertz CT molecular complexity index is 632. The maximum Gasteiger partial charge on any atom is 0.184 e. The van der Waals surface area contributed by atoms with Crippen LogP contribution < -0.4 is 5.73 Å². The van der Waals surface area contributed by atoms with Crippen molar-refractivity contribution in [2.45, 2.75) is 10.6 Å². The predicted molar refractivity (Wildman–Crippen MR) is 65.0 cm³/mol. The molecule has 0 aliphatic heterocycles. The maximum atomic E-state index is 12.1. The SMILES string of the molecule is Cn1cc(CS(=O)(=O)c2ccccc2N)cn1. The molecule has 2 aromatic rings. The van der Waals surface area contributed by atoms with E-state index in [2.05, 4.69) is 5.10 Å². The van der Waals surface area contributed by atoms with Gasteiger partial charge in [-0.05, 0) is 12.1 Å². The van der Waals surface area contributed by atoms with Gasteiger partial charge in [0.05, 0.1) is 22.5 Å². The first-order chi connectivity index (χ1) is 7.99. The van der Waals surface area contributed by atoms with Gasteiger partial charge in [-0.25, -0.2) is 8.42 Å². The molecule has 0 saturated heterocycles. The minimum Gasteiger partial charge on any atom is -0.398 e. The van der Waals surface area contributed by atoms with E-state index in [0.29, 0.717) is 5.56 Å². The number of benzene rings is 1. The van der Waals surface area contributed by atoms with Crippen LogP contribution in [0.2, 0.25) is 0 Å². The molecule has 1 aromatic heterocycles. The monoisotopic (exact) mass is 251 g/mol. The van der Waals surface area contributed by atoms with E-state index in [1.54, 1.807) is 36.1 Å². The second-order valence-corrected chi connectivity index (χ2v) is 5.78. The van der Waals surface area contributed by atoms with Crippen molar-refractivity contribution in [3.63, 3.8) is 0 Å². The fourth-order valence-corrected chi connectivity index (χ4v) is 3.06. The number of aryl methyl sites for hydroxylation is 1. The lowest BCUT2D eigenvalue weighted by atomic mass is 10.3. The molecule has 0 aliphatic carbocycles. The summed E-state index contributed by atoms with van der Waals surface area (Å²) in [6, 6.07) is 6.46. The summed E-state index contributed by atoms with van der Waals surface area (Å²) in [7, 11) is -1.67. The highest BCUT2D eigenvalue weighted by molar-refractivity contribution is 7.90. The molecule has 0 amide bonds. The van der Waals surface area contributed by atoms with Crippen molar-refractivity contribution < 1.29 is 8.42 Å². The van der Waals surface area contributed by atoms with E-state index in [9.17, 15) is 8.42 Å². The van der Waals surface area contributed by atoms with Crippen LogP contribution in [0, 0.1) is 0 Å². The summed E-state index contributed by atoms with van der Waals surface area (Å²) in [4.78, 5) is 0.170. The molecule has 0 fully saturated rings. The average molecular weight is 251 g/mol. The third-order valence-corrected chi connectivity index (χ3v) is 4.12. The Morgan fingerprint density at radius 2 is 2.06 bits per heavy atom. The number of nitrogen functional groups attached to an aromatic ring is 1. The molecule has 0 radical (unpaired) electrons. The van der Waals surface area contributed by atoms with Gasteiger partial charge in [0, 0.05) is 18.8 Å². The van der Waals surface area contributed by atoms with Crippen LogP contribution in [0.4, 0.5) is 5.69 Å². The van der Waals surface area contributed by atoms with Gasteiger partial charge < -0.3 is 5.73 Å². The van der Waals surface area contributed by atoms with Gasteiger partial charge in [0.25, 0.3) is 0 Å². The second kappa shape index (κ2) is 4.21. The smallest absolute Gasteiger partial charge is 0.184 e. The summed E-state index contributed by atoms with van der Waals surface area (Å²) in [5, 5.41) is 3.94. The Labute approximate surface area is 99.8 Å². The van der Waals surface area contributed by atoms with Crippen LogP contribution in [0.3, 0.4) is 0 Å². The topological polar surface area (TPSA) is 78.0 Å². The normalized spacial score (nSPS) is 11.6. The molecule has 6 heteroatoms. The largest absolute Gasteiger partial charge is 0.398 e. The van der Waals surface area contributed by atoms with Crippen LogP contribution in [0.1, 0.15) is 5.56 Å². The van der Waals surface area contributed by atoms with Crippen molar-refractivity contribution in [3.05, 3.63) is 42.2 Å². The molecule has 17 heavy (non-hydrogen) atoms. The van der Waals surface area contributed by atoms with Crippen molar-refractivity contribution >= 4 is 15.5 Å². The zero-order valence-electron chi connectivity index (χ0n) is 9.37. The number of nitrogens with zero attached hydrogens (tertiary/aromatic N) is 2. The molecule has 0 bridgehead atoms. The van der Waals surface area contributed by atoms with E-state index in [1.165, 1.54) is 12.3 Å². The first kappa shape index (κ1) is 11.7. The first-order valence-electron chi connectivity index (χ1n) is 5.04. The highest BCUT2D eigenvalue weighted by atomic mass is 32.2. The second-order valence-electron chi connectivity index (χ2n) is 3.82. The van der Waals surface area contributed by atoms with Crippen LogP contribution >= 0.6 is 0 Å². The number of hydrogen-bond donors (Lipinski definition) is 1. The summed E-state index contributed by atoms with van der Waals surface area (Å²) in [5.74, 6) is -0.0882. The third-order valence-electron chi connectivity index (χ3n) is 2.37. The van der Waals surface area contributed by atoms with Crippen LogP contribution in [0.15, 0.2) is 41.6 Å². The van der Waals surface area contributed by atoms with Gasteiger partial charge >= 0.3 is 0 Å². The van der Waals surface area contributed by atoms with E-state index < -0.39 is 9.84 Å². The molecule has 5 nitrogen and oxygen atoms in total. The van der Waals surface area contributed by atoms with Gasteiger partial charge in [0.2, 0.25) is 0 Å². The number of anilines is 1. The average Bonchev–Trinajstić information content (AvgIpc) is 2.63. The molecular formula is C11H13N3O2S. The lowest BCUT2D eigenvalue weighted by Gasteiger charge is -2.05. The molecule has 90 valence electrons. The van der Waals surface area contributed by atoms with Gasteiger partial charge in [-0.15, -0.1) is 0 Å². The Hall–Kier alpha value is -1.82. The van der Waals surface area contributed by atoms with Crippen molar-refractivity contribution in [1.29, 1.82) is 0 Å². The minimum absolute atomic E-state index is 0.0882. The molecule has 0 atom stereocenters. The number of nitrogens with two attached hydrogens (primary N) is 1. The first-order valence-corrected chi connectivity index (χ1v) is 6.69. The number of rotatable bonds is 3. The fourth-order valence-electron chi connectivity index (χ4n) is 1.61. The number of hydrogen-bond acceptors (Lipinski definition) is 4. The van der Waals surface area contributed by atoms with Gasteiger partial charge in [0.15, 0.2) is 9.84 Å². The Kier molecular flexibility index (Phi) is 2.89. The summed E-state index contributed by atoms with van der Waals surface area (Å²) in [6.07, 6.45) is 3.22. The summed E-state index contributed by atoms with van der Waals surface area (Å²) in [6.45, 7) is 0. The molecule has 2 N–H and O–H groups in total. The van der Waals surface area contributed by atoms with Gasteiger partial charge in [-0.3, -0.25) is 4.68 Å². The van der Waals surface area contributed by atoms with E-state index in [1.807, 2.05) is 0 Å². The zero-order chi connectivity index (χ0) is 12.5. The summed E-state index contributed by atoms with van der Waals surface area (Å²) < 4.78 is 25.8. The minimum atomic E-state index is -3.41. The van der Waals surface area contributed by atoms with Crippen LogP contribution in [-0.4, -0.2) is 18.2 Å². The predicted octanol–water partition coefficient (Wildman–Crippen LogP) is 0.976. The zero-order valence-corrected chi connectivity index (χ0v) is 10.2. The van der Waals surface area contributed by atoms with E-state index in [0.717, 1.165) is 0 Å². The molecule has 0 aliphatic rings. The lowest BCUT2D eigenvalue weighted by Crippen LogP contribution is -2.07. The van der Waals surface area contributed by atoms with Crippen LogP contribution in [0.25, 0.3) is 0 Å². The van der Waals surface area contributed by atoms with Crippen molar-refractivity contribution in [3.8, 4) is 0 Å². The number of para-hydroxylation sites is 1. The lowest BCUT2D eigenvalue weighted by molar-refractivity contribution is 0.595. The van der Waals surface area contributed by atoms with E-state index >= 15 is 0 Å². The molecule has 0 spiro atoms. The van der Waals surface area contributed by atoms with Crippen molar-refractivity contribution in [1.82, 2.24) is 9.78 Å². The molecule has 1 aromatic carbocycles. The molecular weight excluding hydrogens is 238 g/mol. The third kappa shape index (κ3) is 2.47. The molecule has 1 heterocycles. The van der Waals surface area contributed by atoms with E-state index in [-0.39, 0.29) is 16.3 Å². The summed E-state index contributed by atoms with van der Waals surface area (Å²) in [5.41, 5.74) is 6.59. The molecule has 0 saturated carbocycles. The highest BCUT2D eigenvalue weighted by Gasteiger charge is 2.18. The van der Waals surface area contributed by atoms with Crippen molar-refractivity contribution in [2.24, 2.45) is 7.05 Å². The van der Waals surface area contributed by atoms with Gasteiger partial charge in [0.1, 0.15) is 0 Å². The van der Waals surface area contributed by atoms with Crippen LogP contribution in [-0.2, 0) is 22.6 Å². The Balaban J connectivity index is 2.35. The van der Waals surface area contributed by atoms with E-state index in [4.69, 9.17) is 5.73 Å². The van der Waals surface area contributed by atoms with Crippen molar-refractivity contribution in [2.75, 3.05) is 5.73 Å². The Morgan fingerprint density at radius 3 is 2.65 bits per heavy atom. The highest BCUT2D eigenvalue weighted by Crippen LogP contribution is 2.21. The van der Waals surface area contributed by atoms with Gasteiger partial charge in [-0.2, -0.15) is 5.10 Å². The number of aromatic nitrogens is 2. The molecule has 2 rings (SSSR count). The summed E-state index contributed by atoms with van der Waals surface area (Å²) >= 11 is 0. The maximum absolute atomic E-state index is 12.1. The standard InChI is InChI=1S/C11H13N3O2S/c1-14-7-9(6-13-14)8-17(15,16)11-5-3-2-4-10(11)12/h2-7H,8,12H2,1H3.